The molecule has 0 radical (unpaired) electrons. The monoisotopic (exact) mass is 387 g/mol. The summed E-state index contributed by atoms with van der Waals surface area (Å²) in [5, 5.41) is 6.63. The molecule has 2 saturated heterocycles. The number of nitrogens with one attached hydrogen (secondary N) is 2. The van der Waals surface area contributed by atoms with E-state index in [9.17, 15) is 4.79 Å². The predicted molar refractivity (Wildman–Crippen MR) is 108 cm³/mol. The van der Waals surface area contributed by atoms with Crippen molar-refractivity contribution in [2.24, 2.45) is 0 Å². The minimum Gasteiger partial charge on any atom is -0.353 e. The van der Waals surface area contributed by atoms with Crippen molar-refractivity contribution in [3.63, 3.8) is 0 Å². The Morgan fingerprint density at radius 3 is 2.48 bits per heavy atom. The molecule has 0 aliphatic carbocycles. The van der Waals surface area contributed by atoms with Crippen molar-refractivity contribution in [1.29, 1.82) is 0 Å². The highest BCUT2D eigenvalue weighted by Gasteiger charge is 2.23. The number of halogens is 2. The molecule has 142 valence electrons. The highest BCUT2D eigenvalue weighted by molar-refractivity contribution is 5.85. The summed E-state index contributed by atoms with van der Waals surface area (Å²) in [6, 6.07) is 11.5. The summed E-state index contributed by atoms with van der Waals surface area (Å²) in [7, 11) is 0. The second-order valence-corrected chi connectivity index (χ2v) is 6.92. The van der Waals surface area contributed by atoms with Gasteiger partial charge in [0.25, 0.3) is 0 Å². The number of likely N-dealkylation sites (tertiary alicyclic amines) is 1. The molecule has 4 nitrogen and oxygen atoms in total. The average molecular weight is 388 g/mol. The van der Waals surface area contributed by atoms with E-state index in [4.69, 9.17) is 0 Å². The Kier molecular flexibility index (Phi) is 10.4. The van der Waals surface area contributed by atoms with Crippen molar-refractivity contribution in [1.82, 2.24) is 15.5 Å². The van der Waals surface area contributed by atoms with Gasteiger partial charge in [-0.2, -0.15) is 0 Å². The minimum absolute atomic E-state index is 0. The fourth-order valence-electron chi connectivity index (χ4n) is 3.67. The zero-order valence-corrected chi connectivity index (χ0v) is 16.4. The molecule has 2 aliphatic rings. The summed E-state index contributed by atoms with van der Waals surface area (Å²) >= 11 is 0. The van der Waals surface area contributed by atoms with Crippen molar-refractivity contribution < 1.29 is 4.79 Å². The van der Waals surface area contributed by atoms with Gasteiger partial charge in [0.05, 0.1) is 0 Å². The normalized spacial score (nSPS) is 21.2. The van der Waals surface area contributed by atoms with E-state index >= 15 is 0 Å². The third-order valence-electron chi connectivity index (χ3n) is 5.11. The van der Waals surface area contributed by atoms with E-state index in [1.54, 1.807) is 0 Å². The molecule has 2 heterocycles. The molecule has 1 aromatic rings. The van der Waals surface area contributed by atoms with Crippen LogP contribution in [-0.2, 0) is 11.2 Å². The molecule has 2 N–H and O–H groups in total. The number of carbonyl (C=O) groups excluding carboxylic acids is 1. The summed E-state index contributed by atoms with van der Waals surface area (Å²) in [5.74, 6) is 0.229. The Hall–Kier alpha value is -0.810. The molecule has 1 atom stereocenters. The summed E-state index contributed by atoms with van der Waals surface area (Å²) < 4.78 is 0. The number of amides is 1. The lowest BCUT2D eigenvalue weighted by Gasteiger charge is -2.32. The van der Waals surface area contributed by atoms with E-state index in [1.807, 2.05) is 0 Å². The van der Waals surface area contributed by atoms with Crippen LogP contribution in [0.3, 0.4) is 0 Å². The SMILES string of the molecule is Cl.Cl.O=C(CC1CCCN1)NC1CCN(CCc2ccccc2)CC1. The zero-order chi connectivity index (χ0) is 15.9. The molecule has 1 amide bonds. The molecule has 2 fully saturated rings. The van der Waals surface area contributed by atoms with Crippen molar-refractivity contribution in [2.75, 3.05) is 26.2 Å². The van der Waals surface area contributed by atoms with Gasteiger partial charge in [0.2, 0.25) is 5.91 Å². The van der Waals surface area contributed by atoms with Crippen LogP contribution in [0.15, 0.2) is 30.3 Å². The number of rotatable bonds is 6. The smallest absolute Gasteiger partial charge is 0.221 e. The van der Waals surface area contributed by atoms with Crippen molar-refractivity contribution in [3.05, 3.63) is 35.9 Å². The van der Waals surface area contributed by atoms with E-state index in [1.165, 1.54) is 12.0 Å². The first-order valence-electron chi connectivity index (χ1n) is 9.08. The van der Waals surface area contributed by atoms with Crippen molar-refractivity contribution in [2.45, 2.75) is 50.6 Å². The molecular weight excluding hydrogens is 357 g/mol. The van der Waals surface area contributed by atoms with Gasteiger partial charge in [-0.25, -0.2) is 0 Å². The first kappa shape index (κ1) is 22.2. The molecule has 2 aliphatic heterocycles. The average Bonchev–Trinajstić information content (AvgIpc) is 3.08. The van der Waals surface area contributed by atoms with Crippen LogP contribution in [0, 0.1) is 0 Å². The molecule has 1 unspecified atom stereocenters. The summed E-state index contributed by atoms with van der Waals surface area (Å²) in [6.07, 6.45) is 6.28. The number of hydrogen-bond acceptors (Lipinski definition) is 3. The lowest BCUT2D eigenvalue weighted by atomic mass is 10.0. The van der Waals surface area contributed by atoms with Crippen LogP contribution < -0.4 is 10.6 Å². The van der Waals surface area contributed by atoms with Crippen LogP contribution in [0.2, 0.25) is 0 Å². The molecule has 0 aromatic heterocycles. The Morgan fingerprint density at radius 1 is 1.12 bits per heavy atom. The zero-order valence-electron chi connectivity index (χ0n) is 14.8. The van der Waals surface area contributed by atoms with Gasteiger partial charge in [0.15, 0.2) is 0 Å². The third kappa shape index (κ3) is 7.53. The number of nitrogens with zero attached hydrogens (tertiary/aromatic N) is 1. The molecule has 1 aromatic carbocycles. The molecule has 3 rings (SSSR count). The summed E-state index contributed by atoms with van der Waals surface area (Å²) in [5.41, 5.74) is 1.41. The summed E-state index contributed by atoms with van der Waals surface area (Å²) in [4.78, 5) is 14.6. The highest BCUT2D eigenvalue weighted by atomic mass is 35.5. The maximum absolute atomic E-state index is 12.1. The number of carbonyl (C=O) groups is 1. The number of benzene rings is 1. The van der Waals surface area contributed by atoms with E-state index < -0.39 is 0 Å². The fourth-order valence-corrected chi connectivity index (χ4v) is 3.67. The molecule has 0 bridgehead atoms. The maximum atomic E-state index is 12.1. The third-order valence-corrected chi connectivity index (χ3v) is 5.11. The maximum Gasteiger partial charge on any atom is 0.221 e. The van der Waals surface area contributed by atoms with E-state index in [0.29, 0.717) is 18.5 Å². The Balaban J connectivity index is 0.00000156. The van der Waals surface area contributed by atoms with Crippen LogP contribution in [0.25, 0.3) is 0 Å². The Morgan fingerprint density at radius 2 is 1.84 bits per heavy atom. The standard InChI is InChI=1S/C19H29N3O.2ClH/c23-19(15-18-7-4-11-20-18)21-17-9-13-22(14-10-17)12-8-16-5-2-1-3-6-16;;/h1-3,5-6,17-18,20H,4,7-15H2,(H,21,23);2*1H. The van der Waals surface area contributed by atoms with Crippen molar-refractivity contribution >= 4 is 30.7 Å². The van der Waals surface area contributed by atoms with Crippen molar-refractivity contribution in [3.8, 4) is 0 Å². The molecular formula is C19H31Cl2N3O. The van der Waals surface area contributed by atoms with Gasteiger partial charge >= 0.3 is 0 Å². The first-order valence-corrected chi connectivity index (χ1v) is 9.08. The molecule has 0 saturated carbocycles. The highest BCUT2D eigenvalue weighted by Crippen LogP contribution is 2.13. The van der Waals surface area contributed by atoms with E-state index in [0.717, 1.165) is 51.9 Å². The van der Waals surface area contributed by atoms with Gasteiger partial charge in [-0.3, -0.25) is 4.79 Å². The summed E-state index contributed by atoms with van der Waals surface area (Å²) in [6.45, 7) is 4.38. The quantitative estimate of drug-likeness (QED) is 0.788. The fraction of sp³-hybridized carbons (Fsp3) is 0.632. The van der Waals surface area contributed by atoms with E-state index in [2.05, 4.69) is 45.9 Å². The second-order valence-electron chi connectivity index (χ2n) is 6.92. The number of piperidine rings is 1. The van der Waals surface area contributed by atoms with Gasteiger partial charge in [0, 0.05) is 38.1 Å². The van der Waals surface area contributed by atoms with Crippen LogP contribution in [0.1, 0.15) is 37.7 Å². The molecule has 0 spiro atoms. The Labute approximate surface area is 163 Å². The van der Waals surface area contributed by atoms with Gasteiger partial charge in [-0.05, 0) is 44.2 Å². The second kappa shape index (κ2) is 11.7. The lowest BCUT2D eigenvalue weighted by molar-refractivity contribution is -0.122. The largest absolute Gasteiger partial charge is 0.353 e. The van der Waals surface area contributed by atoms with Gasteiger partial charge in [0.1, 0.15) is 0 Å². The first-order chi connectivity index (χ1) is 11.3. The molecule has 25 heavy (non-hydrogen) atoms. The predicted octanol–water partition coefficient (Wildman–Crippen LogP) is 2.80. The van der Waals surface area contributed by atoms with Crippen LogP contribution >= 0.6 is 24.8 Å². The Bertz CT molecular complexity index is 487. The van der Waals surface area contributed by atoms with E-state index in [-0.39, 0.29) is 30.7 Å². The van der Waals surface area contributed by atoms with Gasteiger partial charge < -0.3 is 15.5 Å². The minimum atomic E-state index is 0. The lowest BCUT2D eigenvalue weighted by Crippen LogP contribution is -2.46. The van der Waals surface area contributed by atoms with Crippen LogP contribution in [0.4, 0.5) is 0 Å². The van der Waals surface area contributed by atoms with Gasteiger partial charge in [-0.15, -0.1) is 24.8 Å². The van der Waals surface area contributed by atoms with Crippen LogP contribution in [0.5, 0.6) is 0 Å². The topological polar surface area (TPSA) is 44.4 Å². The molecule has 6 heteroatoms. The van der Waals surface area contributed by atoms with Crippen LogP contribution in [-0.4, -0.2) is 49.1 Å². The number of hydrogen-bond donors (Lipinski definition) is 2. The van der Waals surface area contributed by atoms with Gasteiger partial charge in [-0.1, -0.05) is 30.3 Å².